The Hall–Kier alpha value is -3.56. The lowest BCUT2D eigenvalue weighted by Crippen LogP contribution is -2.47. The molecule has 1 unspecified atom stereocenters. The number of hydrogen-bond acceptors (Lipinski definition) is 7. The lowest BCUT2D eigenvalue weighted by molar-refractivity contribution is -0.138. The molecule has 0 fully saturated rings. The van der Waals surface area contributed by atoms with Crippen LogP contribution < -0.4 is 21.9 Å². The summed E-state index contributed by atoms with van der Waals surface area (Å²) >= 11 is 0.635. The lowest BCUT2D eigenvalue weighted by Gasteiger charge is -2.17. The molecule has 154 valence electrons. The molecule has 0 bridgehead atoms. The summed E-state index contributed by atoms with van der Waals surface area (Å²) in [4.78, 5) is 36.6. The third-order valence-corrected chi connectivity index (χ3v) is 5.13. The molecule has 8 nitrogen and oxygen atoms in total. The summed E-state index contributed by atoms with van der Waals surface area (Å²) in [5, 5.41) is 8.94. The maximum Gasteiger partial charge on any atom is 0.287 e. The van der Waals surface area contributed by atoms with Gasteiger partial charge in [0.2, 0.25) is 5.78 Å². The summed E-state index contributed by atoms with van der Waals surface area (Å²) in [5.74, 6) is -2.75. The molecule has 1 atom stereocenters. The van der Waals surface area contributed by atoms with E-state index in [0.717, 1.165) is 5.56 Å². The van der Waals surface area contributed by atoms with Crippen molar-refractivity contribution in [2.75, 3.05) is 0 Å². The number of rotatable bonds is 8. The number of para-hydroxylation sites is 1. The van der Waals surface area contributed by atoms with Crippen LogP contribution in [-0.2, 0) is 20.8 Å². The molecule has 0 spiro atoms. The number of nitrogens with one attached hydrogen (secondary N) is 1. The summed E-state index contributed by atoms with van der Waals surface area (Å²) in [6.45, 7) is 0. The van der Waals surface area contributed by atoms with Crippen molar-refractivity contribution in [1.29, 1.82) is 0 Å². The Kier molecular flexibility index (Phi) is 6.55. The Bertz CT molecular complexity index is 1120. The van der Waals surface area contributed by atoms with E-state index in [4.69, 9.17) is 21.0 Å². The molecule has 0 aliphatic carbocycles. The van der Waals surface area contributed by atoms with E-state index in [1.54, 1.807) is 36.4 Å². The van der Waals surface area contributed by atoms with Gasteiger partial charge in [-0.05, 0) is 23.6 Å². The maximum absolute atomic E-state index is 12.9. The zero-order valence-corrected chi connectivity index (χ0v) is 16.6. The van der Waals surface area contributed by atoms with Crippen LogP contribution in [0.25, 0.3) is 16.7 Å². The molecule has 2 aromatic carbocycles. The third-order valence-electron chi connectivity index (χ3n) is 4.49. The molecule has 0 saturated carbocycles. The first-order chi connectivity index (χ1) is 14.4. The molecule has 3 rings (SSSR count). The van der Waals surface area contributed by atoms with Gasteiger partial charge in [0, 0.05) is 17.4 Å². The molecular formula is C21H20N4O4S. The van der Waals surface area contributed by atoms with E-state index in [2.05, 4.69) is 5.32 Å². The Morgan fingerprint density at radius 2 is 1.67 bits per heavy atom. The second-order valence-electron chi connectivity index (χ2n) is 6.45. The minimum atomic E-state index is -1.16. The van der Waals surface area contributed by atoms with Gasteiger partial charge < -0.3 is 21.2 Å². The zero-order valence-electron chi connectivity index (χ0n) is 15.8. The highest BCUT2D eigenvalue weighted by molar-refractivity contribution is 8.02. The highest BCUT2D eigenvalue weighted by Gasteiger charge is 2.28. The van der Waals surface area contributed by atoms with Crippen molar-refractivity contribution in [3.63, 3.8) is 0 Å². The van der Waals surface area contributed by atoms with Crippen LogP contribution in [0.1, 0.15) is 11.1 Å². The Morgan fingerprint density at radius 3 is 2.33 bits per heavy atom. The predicted octanol–water partition coefficient (Wildman–Crippen LogP) is 1.45. The number of fused-ring (bicyclic) bond motifs is 1. The summed E-state index contributed by atoms with van der Waals surface area (Å²) in [6, 6.07) is 15.0. The van der Waals surface area contributed by atoms with Crippen LogP contribution in [0, 0.1) is 0 Å². The van der Waals surface area contributed by atoms with Crippen LogP contribution >= 0.6 is 11.9 Å². The molecule has 0 aliphatic heterocycles. The number of Topliss-reactive ketones (excluding diaryl/α,β-unsaturated/α-hetero) is 1. The van der Waals surface area contributed by atoms with Crippen molar-refractivity contribution in [3.05, 3.63) is 76.9 Å². The average molecular weight is 424 g/mol. The number of ketones is 1. The van der Waals surface area contributed by atoms with Crippen LogP contribution in [0.3, 0.4) is 0 Å². The van der Waals surface area contributed by atoms with Gasteiger partial charge in [-0.25, -0.2) is 0 Å². The molecule has 0 aliphatic rings. The molecule has 0 saturated heterocycles. The van der Waals surface area contributed by atoms with E-state index in [-0.39, 0.29) is 17.0 Å². The van der Waals surface area contributed by atoms with Crippen molar-refractivity contribution < 1.29 is 18.8 Å². The molecular weight excluding hydrogens is 404 g/mol. The largest absolute Gasteiger partial charge is 0.464 e. The summed E-state index contributed by atoms with van der Waals surface area (Å²) < 4.78 is 5.46. The summed E-state index contributed by atoms with van der Waals surface area (Å²) in [5.41, 5.74) is 13.3. The second kappa shape index (κ2) is 9.29. The van der Waals surface area contributed by atoms with Crippen LogP contribution in [0.15, 0.2) is 70.2 Å². The Balaban J connectivity index is 1.91. The quantitative estimate of drug-likeness (QED) is 0.242. The van der Waals surface area contributed by atoms with Crippen LogP contribution in [0.4, 0.5) is 0 Å². The third kappa shape index (κ3) is 4.53. The fourth-order valence-corrected chi connectivity index (χ4v) is 3.41. The topological polar surface area (TPSA) is 154 Å². The van der Waals surface area contributed by atoms with Crippen molar-refractivity contribution in [2.45, 2.75) is 12.5 Å². The number of primary amides is 1. The number of furan rings is 1. The van der Waals surface area contributed by atoms with Gasteiger partial charge in [0.15, 0.2) is 0 Å². The Morgan fingerprint density at radius 1 is 1.00 bits per heavy atom. The molecule has 30 heavy (non-hydrogen) atoms. The van der Waals surface area contributed by atoms with Gasteiger partial charge in [-0.2, -0.15) is 0 Å². The molecule has 2 amide bonds. The minimum absolute atomic E-state index is 0.0168. The molecule has 3 aromatic rings. The predicted molar refractivity (Wildman–Crippen MR) is 115 cm³/mol. The van der Waals surface area contributed by atoms with Crippen molar-refractivity contribution in [1.82, 2.24) is 5.32 Å². The highest BCUT2D eigenvalue weighted by atomic mass is 32.2. The zero-order chi connectivity index (χ0) is 21.7. The van der Waals surface area contributed by atoms with Crippen LogP contribution in [0.2, 0.25) is 0 Å². The van der Waals surface area contributed by atoms with E-state index in [1.165, 1.54) is 6.26 Å². The average Bonchev–Trinajstić information content (AvgIpc) is 3.18. The van der Waals surface area contributed by atoms with Crippen molar-refractivity contribution in [2.24, 2.45) is 16.6 Å². The maximum atomic E-state index is 12.9. The van der Waals surface area contributed by atoms with E-state index in [9.17, 15) is 14.4 Å². The smallest absolute Gasteiger partial charge is 0.287 e. The fraction of sp³-hybridized carbons (Fsp3) is 0.0952. The van der Waals surface area contributed by atoms with Crippen molar-refractivity contribution >= 4 is 46.2 Å². The van der Waals surface area contributed by atoms with Gasteiger partial charge in [-0.1, -0.05) is 48.5 Å². The first-order valence-corrected chi connectivity index (χ1v) is 9.81. The van der Waals surface area contributed by atoms with Gasteiger partial charge in [0.25, 0.3) is 11.8 Å². The number of amides is 2. The van der Waals surface area contributed by atoms with Gasteiger partial charge in [-0.15, -0.1) is 0 Å². The molecule has 0 radical (unpaired) electrons. The lowest BCUT2D eigenvalue weighted by atomic mass is 10.0. The Labute approximate surface area is 176 Å². The minimum Gasteiger partial charge on any atom is -0.464 e. The number of carbonyl (C=O) groups excluding carboxylic acids is 3. The van der Waals surface area contributed by atoms with E-state index < -0.39 is 23.6 Å². The second-order valence-corrected chi connectivity index (χ2v) is 7.09. The van der Waals surface area contributed by atoms with Gasteiger partial charge in [-0.3, -0.25) is 19.5 Å². The van der Waals surface area contributed by atoms with Gasteiger partial charge in [0.1, 0.15) is 22.8 Å². The fourth-order valence-electron chi connectivity index (χ4n) is 3.00. The monoisotopic (exact) mass is 424 g/mol. The molecule has 9 heteroatoms. The standard InChI is InChI=1S/C21H20N4O4S/c22-17(14-11-29-16-9-5-4-8-13(14)16)19(30-24)21(28)25-15(18(26)20(23)27)10-12-6-2-1-3-7-12/h1-9,11,15H,10,22,24H2,(H2,23,27)(H,25,28)/b19-17-. The van der Waals surface area contributed by atoms with Gasteiger partial charge in [0.05, 0.1) is 5.70 Å². The first-order valence-electron chi connectivity index (χ1n) is 8.94. The SMILES string of the molecule is NS/C(C(=O)NC(Cc1ccccc1)C(=O)C(N)=O)=C(\N)c1coc2ccccc12. The number of hydrogen-bond donors (Lipinski definition) is 4. The van der Waals surface area contributed by atoms with Crippen LogP contribution in [0.5, 0.6) is 0 Å². The van der Waals surface area contributed by atoms with Crippen LogP contribution in [-0.4, -0.2) is 23.6 Å². The normalized spacial score (nSPS) is 12.8. The number of benzene rings is 2. The van der Waals surface area contributed by atoms with Crippen molar-refractivity contribution in [3.8, 4) is 0 Å². The molecule has 1 heterocycles. The highest BCUT2D eigenvalue weighted by Crippen LogP contribution is 2.28. The molecule has 7 N–H and O–H groups in total. The summed E-state index contributed by atoms with van der Waals surface area (Å²) in [6.07, 6.45) is 1.52. The van der Waals surface area contributed by atoms with Gasteiger partial charge >= 0.3 is 0 Å². The molecule has 1 aromatic heterocycles. The van der Waals surface area contributed by atoms with E-state index in [1.807, 2.05) is 18.2 Å². The first kappa shape index (κ1) is 21.2. The number of carbonyl (C=O) groups is 3. The summed E-state index contributed by atoms with van der Waals surface area (Å²) in [7, 11) is 0. The number of nitrogens with two attached hydrogens (primary N) is 3. The van der Waals surface area contributed by atoms with E-state index >= 15 is 0 Å². The van der Waals surface area contributed by atoms with E-state index in [0.29, 0.717) is 28.5 Å².